The molecule has 0 heterocycles. The van der Waals surface area contributed by atoms with E-state index in [0.29, 0.717) is 0 Å². The molecular weight excluding hydrogens is 304 g/mol. The van der Waals surface area contributed by atoms with Gasteiger partial charge in [-0.2, -0.15) is 5.10 Å². The van der Waals surface area contributed by atoms with E-state index in [0.717, 1.165) is 17.8 Å². The largest absolute Gasteiger partial charge is 0.261 e. The van der Waals surface area contributed by atoms with Crippen molar-refractivity contribution in [2.45, 2.75) is 13.5 Å². The number of allylic oxidation sites excluding steroid dienone is 1. The van der Waals surface area contributed by atoms with E-state index in [1.54, 1.807) is 0 Å². The number of nitrogens with zero attached hydrogens (tertiary/aromatic N) is 2. The van der Waals surface area contributed by atoms with Crippen molar-refractivity contribution in [1.29, 1.82) is 0 Å². The van der Waals surface area contributed by atoms with Gasteiger partial charge in [0.15, 0.2) is 0 Å². The van der Waals surface area contributed by atoms with Crippen LogP contribution in [0.15, 0.2) is 102 Å². The maximum atomic E-state index is 4.73. The summed E-state index contributed by atoms with van der Waals surface area (Å²) < 4.78 is 0. The van der Waals surface area contributed by atoms with E-state index in [4.69, 9.17) is 5.10 Å². The minimum Gasteiger partial charge on any atom is -0.261 e. The predicted octanol–water partition coefficient (Wildman–Crippen LogP) is 5.78. The average Bonchev–Trinajstić information content (AvgIpc) is 2.67. The third-order valence-corrected chi connectivity index (χ3v) is 3.82. The molecule has 124 valence electrons. The van der Waals surface area contributed by atoms with Gasteiger partial charge in [-0.1, -0.05) is 84.9 Å². The van der Waals surface area contributed by atoms with Crippen molar-refractivity contribution in [3.63, 3.8) is 0 Å². The second kappa shape index (κ2) is 8.65. The maximum Gasteiger partial charge on any atom is 0.0666 e. The fraction of sp³-hybridized carbons (Fsp3) is 0.0870. The fourth-order valence-electron chi connectivity index (χ4n) is 2.57. The summed E-state index contributed by atoms with van der Waals surface area (Å²) in [5.41, 5.74) is 4.60. The highest BCUT2D eigenvalue weighted by Gasteiger charge is 2.05. The second-order valence-electron chi connectivity index (χ2n) is 5.92. The van der Waals surface area contributed by atoms with Gasteiger partial charge in [0.05, 0.1) is 18.4 Å². The van der Waals surface area contributed by atoms with Gasteiger partial charge in [-0.15, -0.1) is 0 Å². The number of benzene rings is 3. The Kier molecular flexibility index (Phi) is 5.78. The molecule has 0 bridgehead atoms. The number of hydrogen-bond donors (Lipinski definition) is 0. The summed E-state index contributed by atoms with van der Waals surface area (Å²) in [6.07, 6.45) is 4.05. The zero-order valence-corrected chi connectivity index (χ0v) is 14.4. The Morgan fingerprint density at radius 1 is 0.800 bits per heavy atom. The highest BCUT2D eigenvalue weighted by molar-refractivity contribution is 5.85. The number of hydrazone groups is 1. The van der Waals surface area contributed by atoms with Crippen LogP contribution in [0.25, 0.3) is 6.08 Å². The molecule has 3 aromatic carbocycles. The molecule has 2 heteroatoms. The molecule has 2 nitrogen and oxygen atoms in total. The summed E-state index contributed by atoms with van der Waals surface area (Å²) in [6.45, 7) is 2.81. The van der Waals surface area contributed by atoms with Crippen LogP contribution < -0.4 is 5.01 Å². The molecule has 0 aliphatic heterocycles. The zero-order chi connectivity index (χ0) is 17.3. The third-order valence-electron chi connectivity index (χ3n) is 3.82. The van der Waals surface area contributed by atoms with E-state index in [-0.39, 0.29) is 0 Å². The first-order valence-corrected chi connectivity index (χ1v) is 8.45. The Morgan fingerprint density at radius 3 is 2.00 bits per heavy atom. The van der Waals surface area contributed by atoms with Crippen molar-refractivity contribution in [3.05, 3.63) is 108 Å². The van der Waals surface area contributed by atoms with Crippen molar-refractivity contribution in [2.24, 2.45) is 5.10 Å². The van der Waals surface area contributed by atoms with Gasteiger partial charge in [-0.05, 0) is 35.8 Å². The summed E-state index contributed by atoms with van der Waals surface area (Å²) >= 11 is 0. The quantitative estimate of drug-likeness (QED) is 0.414. The Hall–Kier alpha value is -3.13. The van der Waals surface area contributed by atoms with Crippen LogP contribution in [0.5, 0.6) is 0 Å². The Balaban J connectivity index is 1.81. The fourth-order valence-corrected chi connectivity index (χ4v) is 2.57. The van der Waals surface area contributed by atoms with Crippen LogP contribution in [0, 0.1) is 0 Å². The first-order valence-electron chi connectivity index (χ1n) is 8.45. The lowest BCUT2D eigenvalue weighted by atomic mass is 10.1. The van der Waals surface area contributed by atoms with Gasteiger partial charge >= 0.3 is 0 Å². The number of para-hydroxylation sites is 1. The molecule has 0 N–H and O–H groups in total. The average molecular weight is 326 g/mol. The van der Waals surface area contributed by atoms with Crippen molar-refractivity contribution in [2.75, 3.05) is 5.01 Å². The lowest BCUT2D eigenvalue weighted by Gasteiger charge is -2.19. The van der Waals surface area contributed by atoms with Gasteiger partial charge in [-0.3, -0.25) is 5.01 Å². The highest BCUT2D eigenvalue weighted by Crippen LogP contribution is 2.17. The highest BCUT2D eigenvalue weighted by atomic mass is 15.4. The van der Waals surface area contributed by atoms with Crippen LogP contribution in [0.1, 0.15) is 18.1 Å². The molecule has 0 unspecified atom stereocenters. The molecule has 3 rings (SSSR count). The topological polar surface area (TPSA) is 15.6 Å². The zero-order valence-electron chi connectivity index (χ0n) is 14.4. The Bertz CT molecular complexity index is 822. The van der Waals surface area contributed by atoms with Gasteiger partial charge < -0.3 is 0 Å². The Morgan fingerprint density at radius 2 is 1.36 bits per heavy atom. The second-order valence-corrected chi connectivity index (χ2v) is 5.92. The van der Waals surface area contributed by atoms with Gasteiger partial charge in [0.2, 0.25) is 0 Å². The summed E-state index contributed by atoms with van der Waals surface area (Å²) in [5.74, 6) is 0. The third kappa shape index (κ3) is 5.18. The van der Waals surface area contributed by atoms with E-state index in [2.05, 4.69) is 61.5 Å². The molecule has 0 saturated carbocycles. The molecule has 0 saturated heterocycles. The minimum absolute atomic E-state index is 0.736. The smallest absolute Gasteiger partial charge is 0.0666 e. The van der Waals surface area contributed by atoms with Crippen LogP contribution in [-0.4, -0.2) is 6.21 Å². The van der Waals surface area contributed by atoms with Crippen molar-refractivity contribution in [1.82, 2.24) is 0 Å². The number of anilines is 1. The van der Waals surface area contributed by atoms with E-state index in [1.165, 1.54) is 11.1 Å². The molecule has 0 aliphatic rings. The van der Waals surface area contributed by atoms with Crippen molar-refractivity contribution < 1.29 is 0 Å². The lowest BCUT2D eigenvalue weighted by Crippen LogP contribution is -2.15. The molecule has 0 spiro atoms. The summed E-state index contributed by atoms with van der Waals surface area (Å²) in [6, 6.07) is 31.0. The van der Waals surface area contributed by atoms with Gasteiger partial charge in [0, 0.05) is 0 Å². The van der Waals surface area contributed by atoms with Gasteiger partial charge in [0.1, 0.15) is 0 Å². The van der Waals surface area contributed by atoms with Crippen LogP contribution in [0.3, 0.4) is 0 Å². The first-order chi connectivity index (χ1) is 12.3. The van der Waals surface area contributed by atoms with Crippen LogP contribution in [0.4, 0.5) is 5.69 Å². The van der Waals surface area contributed by atoms with Crippen LogP contribution >= 0.6 is 0 Å². The molecule has 0 aromatic heterocycles. The van der Waals surface area contributed by atoms with Crippen molar-refractivity contribution >= 4 is 18.0 Å². The molecule has 3 aromatic rings. The summed E-state index contributed by atoms with van der Waals surface area (Å²) in [4.78, 5) is 0. The predicted molar refractivity (Wildman–Crippen MR) is 108 cm³/mol. The monoisotopic (exact) mass is 326 g/mol. The standard InChI is InChI=1S/C23H22N2/c1-20(17-21-11-5-2-6-12-21)18-24-25(23-15-9-4-10-16-23)19-22-13-7-3-8-14-22/h2-18H,19H2,1H3/b20-17+,24-18+. The molecular formula is C23H22N2. The molecule has 0 fully saturated rings. The SMILES string of the molecule is CC(/C=N/N(Cc1ccccc1)c1ccccc1)=C\c1ccccc1. The van der Waals surface area contributed by atoms with Crippen molar-refractivity contribution in [3.8, 4) is 0 Å². The lowest BCUT2D eigenvalue weighted by molar-refractivity contribution is 0.858. The van der Waals surface area contributed by atoms with Crippen LogP contribution in [-0.2, 0) is 6.54 Å². The van der Waals surface area contributed by atoms with Gasteiger partial charge in [0.25, 0.3) is 0 Å². The van der Waals surface area contributed by atoms with E-state index >= 15 is 0 Å². The van der Waals surface area contributed by atoms with Gasteiger partial charge in [-0.25, -0.2) is 0 Å². The maximum absolute atomic E-state index is 4.73. The van der Waals surface area contributed by atoms with E-state index in [9.17, 15) is 0 Å². The normalized spacial score (nSPS) is 11.6. The number of rotatable bonds is 6. The minimum atomic E-state index is 0.736. The molecule has 0 atom stereocenters. The Labute approximate surface area is 149 Å². The first kappa shape index (κ1) is 16.7. The van der Waals surface area contributed by atoms with Crippen LogP contribution in [0.2, 0.25) is 0 Å². The molecule has 25 heavy (non-hydrogen) atoms. The number of hydrogen-bond acceptors (Lipinski definition) is 2. The summed E-state index contributed by atoms with van der Waals surface area (Å²) in [5, 5.41) is 6.75. The van der Waals surface area contributed by atoms with E-state index in [1.807, 2.05) is 53.7 Å². The van der Waals surface area contributed by atoms with E-state index < -0.39 is 0 Å². The molecule has 0 amide bonds. The molecule has 0 aliphatic carbocycles. The summed E-state index contributed by atoms with van der Waals surface area (Å²) in [7, 11) is 0. The molecule has 0 radical (unpaired) electrons.